The van der Waals surface area contributed by atoms with Gasteiger partial charge in [-0.3, -0.25) is 0 Å². The normalized spacial score (nSPS) is 14.2. The molecular formula is C14H18BrN3S2. The highest BCUT2D eigenvalue weighted by molar-refractivity contribution is 9.10. The van der Waals surface area contributed by atoms with E-state index in [2.05, 4.69) is 51.3 Å². The lowest BCUT2D eigenvalue weighted by Gasteiger charge is -2.22. The average molecular weight is 372 g/mol. The third-order valence-corrected chi connectivity index (χ3v) is 6.00. The second kappa shape index (κ2) is 7.54. The molecule has 2 aromatic rings. The van der Waals surface area contributed by atoms with Gasteiger partial charge in [-0.25, -0.2) is 4.98 Å². The van der Waals surface area contributed by atoms with E-state index in [1.807, 2.05) is 12.1 Å². The lowest BCUT2D eigenvalue weighted by molar-refractivity contribution is 0.632. The average Bonchev–Trinajstić information content (AvgIpc) is 2.92. The minimum absolute atomic E-state index is 0.0904. The van der Waals surface area contributed by atoms with Crippen molar-refractivity contribution in [3.63, 3.8) is 0 Å². The Morgan fingerprint density at radius 1 is 1.35 bits per heavy atom. The van der Waals surface area contributed by atoms with E-state index in [1.165, 1.54) is 17.1 Å². The summed E-state index contributed by atoms with van der Waals surface area (Å²) < 4.78 is 6.44. The Hall–Kier alpha value is -0.430. The van der Waals surface area contributed by atoms with Gasteiger partial charge in [-0.2, -0.15) is 4.37 Å². The summed E-state index contributed by atoms with van der Waals surface area (Å²) in [5, 5.41) is 0.188. The molecule has 0 fully saturated rings. The van der Waals surface area contributed by atoms with Crippen molar-refractivity contribution in [2.75, 3.05) is 0 Å². The summed E-state index contributed by atoms with van der Waals surface area (Å²) in [5.74, 6) is 0.911. The second-order valence-electron chi connectivity index (χ2n) is 4.46. The number of nitrogens with zero attached hydrogens (tertiary/aromatic N) is 2. The molecule has 1 aromatic carbocycles. The first-order chi connectivity index (χ1) is 9.65. The molecule has 1 aromatic heterocycles. The summed E-state index contributed by atoms with van der Waals surface area (Å²) in [6.07, 6.45) is 1.80. The van der Waals surface area contributed by atoms with Crippen molar-refractivity contribution < 1.29 is 0 Å². The third-order valence-electron chi connectivity index (χ3n) is 3.07. The van der Waals surface area contributed by atoms with E-state index in [0.29, 0.717) is 0 Å². The molecule has 0 amide bonds. The third kappa shape index (κ3) is 3.81. The van der Waals surface area contributed by atoms with E-state index in [0.717, 1.165) is 27.5 Å². The number of nitrogens with two attached hydrogens (primary N) is 1. The van der Waals surface area contributed by atoms with Crippen molar-refractivity contribution in [2.45, 2.75) is 42.3 Å². The first-order valence-electron chi connectivity index (χ1n) is 6.65. The van der Waals surface area contributed by atoms with Gasteiger partial charge in [0, 0.05) is 16.9 Å². The Bertz CT molecular complexity index is 559. The van der Waals surface area contributed by atoms with Gasteiger partial charge in [-0.1, -0.05) is 59.7 Å². The molecule has 20 heavy (non-hydrogen) atoms. The number of aromatic nitrogens is 2. The highest BCUT2D eigenvalue weighted by Crippen LogP contribution is 2.41. The first kappa shape index (κ1) is 15.9. The lowest BCUT2D eigenvalue weighted by Crippen LogP contribution is -2.25. The van der Waals surface area contributed by atoms with E-state index in [-0.39, 0.29) is 11.3 Å². The van der Waals surface area contributed by atoms with Gasteiger partial charge >= 0.3 is 0 Å². The van der Waals surface area contributed by atoms with E-state index < -0.39 is 0 Å². The molecule has 3 nitrogen and oxygen atoms in total. The Balaban J connectivity index is 2.26. The van der Waals surface area contributed by atoms with Crippen LogP contribution in [-0.4, -0.2) is 15.4 Å². The number of hydrogen-bond donors (Lipinski definition) is 1. The van der Waals surface area contributed by atoms with E-state index >= 15 is 0 Å². The Labute approximate surface area is 136 Å². The lowest BCUT2D eigenvalue weighted by atomic mass is 10.0. The van der Waals surface area contributed by atoms with E-state index in [4.69, 9.17) is 5.73 Å². The summed E-state index contributed by atoms with van der Waals surface area (Å²) in [6.45, 7) is 4.19. The monoisotopic (exact) mass is 371 g/mol. The van der Waals surface area contributed by atoms with Gasteiger partial charge in [0.1, 0.15) is 5.82 Å². The van der Waals surface area contributed by atoms with Gasteiger partial charge in [0.2, 0.25) is 0 Å². The molecule has 2 atom stereocenters. The van der Waals surface area contributed by atoms with Crippen LogP contribution in [0.5, 0.6) is 0 Å². The fraction of sp³-hybridized carbons (Fsp3) is 0.429. The van der Waals surface area contributed by atoms with Gasteiger partial charge < -0.3 is 5.73 Å². The van der Waals surface area contributed by atoms with Crippen LogP contribution < -0.4 is 5.73 Å². The standard InChI is InChI=1S/C14H18BrN3S2/c1-3-11(16)13(9-7-5-6-8-10(9)15)19-14-17-12(4-2)18-20-14/h5-8,11,13H,3-4,16H2,1-2H3. The zero-order valence-corrected chi connectivity index (χ0v) is 14.8. The molecule has 0 saturated heterocycles. The predicted molar refractivity (Wildman–Crippen MR) is 90.3 cm³/mol. The van der Waals surface area contributed by atoms with Crippen LogP contribution in [0.2, 0.25) is 0 Å². The van der Waals surface area contributed by atoms with E-state index in [9.17, 15) is 0 Å². The van der Waals surface area contributed by atoms with Crippen molar-refractivity contribution in [3.05, 3.63) is 40.1 Å². The Morgan fingerprint density at radius 3 is 2.70 bits per heavy atom. The maximum Gasteiger partial charge on any atom is 0.170 e. The number of aryl methyl sites for hydroxylation is 1. The number of hydrogen-bond acceptors (Lipinski definition) is 5. The number of thioether (sulfide) groups is 1. The van der Waals surface area contributed by atoms with Crippen molar-refractivity contribution in [1.82, 2.24) is 9.36 Å². The van der Waals surface area contributed by atoms with Crippen LogP contribution in [0.3, 0.4) is 0 Å². The quantitative estimate of drug-likeness (QED) is 0.762. The fourth-order valence-corrected chi connectivity index (χ4v) is 4.69. The summed E-state index contributed by atoms with van der Waals surface area (Å²) >= 11 is 6.80. The van der Waals surface area contributed by atoms with Crippen LogP contribution in [0.15, 0.2) is 33.1 Å². The maximum atomic E-state index is 6.32. The molecule has 0 radical (unpaired) electrons. The number of benzene rings is 1. The molecule has 0 aliphatic carbocycles. The smallest absolute Gasteiger partial charge is 0.170 e. The van der Waals surface area contributed by atoms with Crippen molar-refractivity contribution in [2.24, 2.45) is 5.73 Å². The number of halogens is 1. The topological polar surface area (TPSA) is 51.8 Å². The molecule has 2 unspecified atom stereocenters. The van der Waals surface area contributed by atoms with Crippen LogP contribution in [0.25, 0.3) is 0 Å². The molecule has 1 heterocycles. The molecule has 0 saturated carbocycles. The van der Waals surface area contributed by atoms with Crippen molar-refractivity contribution in [1.29, 1.82) is 0 Å². The summed E-state index contributed by atoms with van der Waals surface area (Å²) in [7, 11) is 0. The Morgan fingerprint density at radius 2 is 2.10 bits per heavy atom. The van der Waals surface area contributed by atoms with Gasteiger partial charge in [0.05, 0.1) is 5.25 Å². The minimum atomic E-state index is 0.0904. The summed E-state index contributed by atoms with van der Waals surface area (Å²) in [5.41, 5.74) is 7.54. The molecule has 0 aliphatic heterocycles. The first-order valence-corrected chi connectivity index (χ1v) is 9.09. The Kier molecular flexibility index (Phi) is 6.01. The molecular weight excluding hydrogens is 354 g/mol. The zero-order chi connectivity index (χ0) is 14.5. The van der Waals surface area contributed by atoms with Crippen LogP contribution >= 0.6 is 39.2 Å². The van der Waals surface area contributed by atoms with Gasteiger partial charge in [-0.15, -0.1) is 0 Å². The molecule has 6 heteroatoms. The highest BCUT2D eigenvalue weighted by Gasteiger charge is 2.23. The molecule has 0 aliphatic rings. The molecule has 2 N–H and O–H groups in total. The highest BCUT2D eigenvalue weighted by atomic mass is 79.9. The fourth-order valence-electron chi connectivity index (χ4n) is 1.84. The maximum absolute atomic E-state index is 6.32. The van der Waals surface area contributed by atoms with Crippen LogP contribution in [0.4, 0.5) is 0 Å². The van der Waals surface area contributed by atoms with Gasteiger partial charge in [0.25, 0.3) is 0 Å². The zero-order valence-electron chi connectivity index (χ0n) is 11.5. The van der Waals surface area contributed by atoms with Gasteiger partial charge in [0.15, 0.2) is 4.34 Å². The van der Waals surface area contributed by atoms with Crippen molar-refractivity contribution >= 4 is 39.2 Å². The SMILES string of the molecule is CCc1nsc(SC(c2ccccc2Br)C(N)CC)n1. The minimum Gasteiger partial charge on any atom is -0.326 e. The summed E-state index contributed by atoms with van der Waals surface area (Å²) in [6, 6.07) is 8.34. The molecule has 0 bridgehead atoms. The van der Waals surface area contributed by atoms with Crippen molar-refractivity contribution in [3.8, 4) is 0 Å². The molecule has 0 spiro atoms. The molecule has 2 rings (SSSR count). The second-order valence-corrected chi connectivity index (χ2v) is 7.46. The summed E-state index contributed by atoms with van der Waals surface area (Å²) in [4.78, 5) is 4.54. The van der Waals surface area contributed by atoms with Gasteiger partial charge in [-0.05, 0) is 29.6 Å². The van der Waals surface area contributed by atoms with Crippen LogP contribution in [0, 0.1) is 0 Å². The predicted octanol–water partition coefficient (Wildman–Crippen LogP) is 4.43. The number of rotatable bonds is 6. The molecule has 108 valence electrons. The largest absolute Gasteiger partial charge is 0.326 e. The van der Waals surface area contributed by atoms with Crippen LogP contribution in [-0.2, 0) is 6.42 Å². The van der Waals surface area contributed by atoms with E-state index in [1.54, 1.807) is 11.8 Å². The van der Waals surface area contributed by atoms with Crippen LogP contribution in [0.1, 0.15) is 36.9 Å².